The number of benzene rings is 1. The SMILES string of the molecule is CC(C)[C@@H](N)C(=O)Nc1ccc(C(=O)O)cc1F. The molecule has 0 aromatic heterocycles. The van der Waals surface area contributed by atoms with Gasteiger partial charge in [-0.1, -0.05) is 13.8 Å². The standard InChI is InChI=1S/C12H15FN2O3/c1-6(2)10(14)11(16)15-9-4-3-7(12(17)18)5-8(9)13/h3-6,10H,14H2,1-2H3,(H,15,16)(H,17,18)/t10-/m1/s1. The van der Waals surface area contributed by atoms with Gasteiger partial charge in [-0.25, -0.2) is 9.18 Å². The number of halogens is 1. The molecule has 0 unspecified atom stereocenters. The first-order chi connectivity index (χ1) is 8.32. The lowest BCUT2D eigenvalue weighted by Gasteiger charge is -2.15. The van der Waals surface area contributed by atoms with Gasteiger partial charge < -0.3 is 16.2 Å². The Kier molecular flexibility index (Phi) is 4.38. The Morgan fingerprint density at radius 2 is 2.00 bits per heavy atom. The first-order valence-corrected chi connectivity index (χ1v) is 5.42. The summed E-state index contributed by atoms with van der Waals surface area (Å²) in [5, 5.41) is 11.0. The molecule has 0 aliphatic rings. The molecular weight excluding hydrogens is 239 g/mol. The van der Waals surface area contributed by atoms with Crippen LogP contribution in [-0.4, -0.2) is 23.0 Å². The number of nitrogens with one attached hydrogen (secondary N) is 1. The Morgan fingerprint density at radius 3 is 2.44 bits per heavy atom. The number of carboxylic acids is 1. The number of hydrogen-bond acceptors (Lipinski definition) is 3. The summed E-state index contributed by atoms with van der Waals surface area (Å²) >= 11 is 0. The average Bonchev–Trinajstić information content (AvgIpc) is 2.30. The highest BCUT2D eigenvalue weighted by Crippen LogP contribution is 2.16. The van der Waals surface area contributed by atoms with E-state index in [2.05, 4.69) is 5.32 Å². The normalized spacial score (nSPS) is 12.3. The van der Waals surface area contributed by atoms with E-state index in [0.717, 1.165) is 6.07 Å². The van der Waals surface area contributed by atoms with Crippen molar-refractivity contribution in [2.75, 3.05) is 5.32 Å². The van der Waals surface area contributed by atoms with E-state index in [1.807, 2.05) is 0 Å². The Morgan fingerprint density at radius 1 is 1.39 bits per heavy atom. The van der Waals surface area contributed by atoms with Crippen LogP contribution in [0.2, 0.25) is 0 Å². The number of rotatable bonds is 4. The average molecular weight is 254 g/mol. The van der Waals surface area contributed by atoms with Crippen LogP contribution in [0.15, 0.2) is 18.2 Å². The minimum absolute atomic E-state index is 0.0774. The molecule has 0 aliphatic heterocycles. The lowest BCUT2D eigenvalue weighted by Crippen LogP contribution is -2.39. The van der Waals surface area contributed by atoms with E-state index < -0.39 is 23.7 Å². The minimum atomic E-state index is -1.23. The number of carbonyl (C=O) groups excluding carboxylic acids is 1. The number of hydrogen-bond donors (Lipinski definition) is 3. The fourth-order valence-electron chi connectivity index (χ4n) is 1.27. The Hall–Kier alpha value is -1.95. The molecule has 18 heavy (non-hydrogen) atoms. The first kappa shape index (κ1) is 14.1. The maximum atomic E-state index is 13.5. The van der Waals surface area contributed by atoms with Gasteiger partial charge in [-0.2, -0.15) is 0 Å². The van der Waals surface area contributed by atoms with Gasteiger partial charge in [0, 0.05) is 0 Å². The van der Waals surface area contributed by atoms with E-state index in [1.165, 1.54) is 12.1 Å². The largest absolute Gasteiger partial charge is 0.478 e. The van der Waals surface area contributed by atoms with Crippen molar-refractivity contribution in [3.63, 3.8) is 0 Å². The summed E-state index contributed by atoms with van der Waals surface area (Å²) in [6.07, 6.45) is 0. The number of nitrogens with two attached hydrogens (primary N) is 1. The van der Waals surface area contributed by atoms with Crippen LogP contribution in [-0.2, 0) is 4.79 Å². The molecule has 0 saturated carbocycles. The summed E-state index contributed by atoms with van der Waals surface area (Å²) in [6.45, 7) is 3.54. The van der Waals surface area contributed by atoms with Crippen LogP contribution in [0.5, 0.6) is 0 Å². The molecule has 6 heteroatoms. The number of anilines is 1. The smallest absolute Gasteiger partial charge is 0.335 e. The lowest BCUT2D eigenvalue weighted by atomic mass is 10.0. The predicted octanol–water partition coefficient (Wildman–Crippen LogP) is 1.45. The molecule has 0 radical (unpaired) electrons. The van der Waals surface area contributed by atoms with Crippen molar-refractivity contribution in [3.05, 3.63) is 29.6 Å². The molecule has 1 rings (SSSR count). The number of carbonyl (C=O) groups is 2. The second-order valence-electron chi connectivity index (χ2n) is 4.26. The predicted molar refractivity (Wildman–Crippen MR) is 64.8 cm³/mol. The van der Waals surface area contributed by atoms with E-state index in [1.54, 1.807) is 13.8 Å². The molecule has 5 nitrogen and oxygen atoms in total. The summed E-state index contributed by atoms with van der Waals surface area (Å²) in [6, 6.07) is 2.51. The summed E-state index contributed by atoms with van der Waals surface area (Å²) in [5.41, 5.74) is 5.34. The van der Waals surface area contributed by atoms with Gasteiger partial charge in [0.25, 0.3) is 0 Å². The van der Waals surface area contributed by atoms with Gasteiger partial charge in [0.05, 0.1) is 17.3 Å². The molecule has 0 heterocycles. The molecule has 0 fully saturated rings. The molecule has 0 spiro atoms. The van der Waals surface area contributed by atoms with Gasteiger partial charge >= 0.3 is 5.97 Å². The van der Waals surface area contributed by atoms with Crippen molar-refractivity contribution < 1.29 is 19.1 Å². The zero-order valence-electron chi connectivity index (χ0n) is 10.1. The highest BCUT2D eigenvalue weighted by atomic mass is 19.1. The Bertz CT molecular complexity index is 474. The number of amides is 1. The van der Waals surface area contributed by atoms with Crippen molar-refractivity contribution in [3.8, 4) is 0 Å². The van der Waals surface area contributed by atoms with Gasteiger partial charge in [0.1, 0.15) is 5.82 Å². The van der Waals surface area contributed by atoms with Crippen LogP contribution >= 0.6 is 0 Å². The second kappa shape index (κ2) is 5.59. The van der Waals surface area contributed by atoms with Crippen molar-refractivity contribution in [2.24, 2.45) is 11.7 Å². The molecular formula is C12H15FN2O3. The van der Waals surface area contributed by atoms with Crippen molar-refractivity contribution in [2.45, 2.75) is 19.9 Å². The maximum Gasteiger partial charge on any atom is 0.335 e. The van der Waals surface area contributed by atoms with E-state index in [9.17, 15) is 14.0 Å². The van der Waals surface area contributed by atoms with Crippen molar-refractivity contribution in [1.82, 2.24) is 0 Å². The van der Waals surface area contributed by atoms with Crippen molar-refractivity contribution >= 4 is 17.6 Å². The van der Waals surface area contributed by atoms with Crippen LogP contribution < -0.4 is 11.1 Å². The number of carboxylic acid groups (broad SMARTS) is 1. The van der Waals surface area contributed by atoms with Gasteiger partial charge in [-0.15, -0.1) is 0 Å². The molecule has 1 aromatic carbocycles. The van der Waals surface area contributed by atoms with Gasteiger partial charge in [0.15, 0.2) is 0 Å². The van der Waals surface area contributed by atoms with Gasteiger partial charge in [-0.05, 0) is 24.1 Å². The van der Waals surface area contributed by atoms with E-state index in [4.69, 9.17) is 10.8 Å². The van der Waals surface area contributed by atoms with Crippen LogP contribution in [0.1, 0.15) is 24.2 Å². The topological polar surface area (TPSA) is 92.4 Å². The van der Waals surface area contributed by atoms with Crippen LogP contribution in [0.25, 0.3) is 0 Å². The highest BCUT2D eigenvalue weighted by molar-refractivity contribution is 5.95. The van der Waals surface area contributed by atoms with E-state index >= 15 is 0 Å². The highest BCUT2D eigenvalue weighted by Gasteiger charge is 2.18. The molecule has 0 saturated heterocycles. The molecule has 1 amide bonds. The maximum absolute atomic E-state index is 13.5. The third kappa shape index (κ3) is 3.27. The van der Waals surface area contributed by atoms with Crippen LogP contribution in [0.3, 0.4) is 0 Å². The third-order valence-corrected chi connectivity index (χ3v) is 2.49. The molecule has 0 aliphatic carbocycles. The summed E-state index contributed by atoms with van der Waals surface area (Å²) in [5.74, 6) is -2.62. The number of aromatic carboxylic acids is 1. The Labute approximate surface area is 104 Å². The zero-order valence-corrected chi connectivity index (χ0v) is 10.1. The molecule has 0 bridgehead atoms. The summed E-state index contributed by atoms with van der Waals surface area (Å²) in [4.78, 5) is 22.2. The summed E-state index contributed by atoms with van der Waals surface area (Å²) < 4.78 is 13.5. The lowest BCUT2D eigenvalue weighted by molar-refractivity contribution is -0.118. The van der Waals surface area contributed by atoms with Gasteiger partial charge in [0.2, 0.25) is 5.91 Å². The first-order valence-electron chi connectivity index (χ1n) is 5.42. The van der Waals surface area contributed by atoms with E-state index in [-0.39, 0.29) is 17.2 Å². The molecule has 4 N–H and O–H groups in total. The zero-order chi connectivity index (χ0) is 13.9. The molecule has 1 aromatic rings. The van der Waals surface area contributed by atoms with Crippen LogP contribution in [0, 0.1) is 11.7 Å². The van der Waals surface area contributed by atoms with Crippen LogP contribution in [0.4, 0.5) is 10.1 Å². The molecule has 1 atom stereocenters. The summed E-state index contributed by atoms with van der Waals surface area (Å²) in [7, 11) is 0. The second-order valence-corrected chi connectivity index (χ2v) is 4.26. The molecule has 98 valence electrons. The van der Waals surface area contributed by atoms with E-state index in [0.29, 0.717) is 0 Å². The fraction of sp³-hybridized carbons (Fsp3) is 0.333. The minimum Gasteiger partial charge on any atom is -0.478 e. The van der Waals surface area contributed by atoms with Crippen molar-refractivity contribution in [1.29, 1.82) is 0 Å². The van der Waals surface area contributed by atoms with Gasteiger partial charge in [-0.3, -0.25) is 4.79 Å². The fourth-order valence-corrected chi connectivity index (χ4v) is 1.27. The Balaban J connectivity index is 2.86. The quantitative estimate of drug-likeness (QED) is 0.758. The monoisotopic (exact) mass is 254 g/mol. The third-order valence-electron chi connectivity index (χ3n) is 2.49.